The number of nitrogens with two attached hydrogens (primary N) is 1. The lowest BCUT2D eigenvalue weighted by molar-refractivity contribution is -0.741. The highest BCUT2D eigenvalue weighted by Crippen LogP contribution is 2.37. The van der Waals surface area contributed by atoms with Crippen LogP contribution in [-0.2, 0) is 7.05 Å². The molecule has 0 unspecified atom stereocenters. The number of ketones is 1. The van der Waals surface area contributed by atoms with E-state index in [0.29, 0.717) is 31.5 Å². The van der Waals surface area contributed by atoms with Gasteiger partial charge in [0.05, 0.1) is 21.7 Å². The molecule has 0 spiro atoms. The van der Waals surface area contributed by atoms with E-state index in [1.54, 1.807) is 30.3 Å². The highest BCUT2D eigenvalue weighted by molar-refractivity contribution is 7.21. The molecule has 10 heteroatoms. The van der Waals surface area contributed by atoms with Crippen LogP contribution in [0, 0.1) is 0 Å². The van der Waals surface area contributed by atoms with Gasteiger partial charge >= 0.3 is 5.69 Å². The third-order valence-electron chi connectivity index (χ3n) is 3.99. The fourth-order valence-corrected chi connectivity index (χ4v) is 4.21. The third-order valence-corrected chi connectivity index (χ3v) is 5.65. The summed E-state index contributed by atoms with van der Waals surface area (Å²) in [4.78, 5) is 18.0. The normalized spacial score (nSPS) is 11.2. The number of carbonyl (C=O) groups excluding carboxylic acids is 1. The number of benzene rings is 1. The van der Waals surface area contributed by atoms with Gasteiger partial charge in [0.1, 0.15) is 9.71 Å². The Balaban J connectivity index is 1.84. The molecule has 0 bridgehead atoms. The van der Waals surface area contributed by atoms with Crippen LogP contribution in [0.15, 0.2) is 34.9 Å². The average Bonchev–Trinajstić information content (AvgIpc) is 3.13. The zero-order chi connectivity index (χ0) is 19.3. The summed E-state index contributed by atoms with van der Waals surface area (Å²) in [5, 5.41) is 16.8. The molecule has 0 radical (unpaired) electrons. The molecule has 0 aliphatic heterocycles. The number of thiophene rings is 1. The van der Waals surface area contributed by atoms with Crippen molar-refractivity contribution in [1.29, 1.82) is 0 Å². The van der Waals surface area contributed by atoms with E-state index in [9.17, 15) is 9.90 Å². The maximum absolute atomic E-state index is 12.7. The van der Waals surface area contributed by atoms with Crippen molar-refractivity contribution in [2.45, 2.75) is 0 Å². The molecule has 7 nitrogen and oxygen atoms in total. The van der Waals surface area contributed by atoms with Crippen molar-refractivity contribution in [3.8, 4) is 17.2 Å². The number of carbonyl (C=O) groups is 1. The molecule has 0 saturated heterocycles. The number of nitrogen functional groups attached to an aromatic ring is 1. The summed E-state index contributed by atoms with van der Waals surface area (Å²) in [6.07, 6.45) is 0. The van der Waals surface area contributed by atoms with Crippen molar-refractivity contribution in [2.24, 2.45) is 7.05 Å². The van der Waals surface area contributed by atoms with Crippen molar-refractivity contribution >= 4 is 56.2 Å². The Labute approximate surface area is 166 Å². The van der Waals surface area contributed by atoms with E-state index in [-0.39, 0.29) is 16.3 Å². The predicted molar refractivity (Wildman–Crippen MR) is 100 cm³/mol. The van der Waals surface area contributed by atoms with Crippen LogP contribution < -0.4 is 15.5 Å². The Morgan fingerprint density at radius 2 is 2.07 bits per heavy atom. The number of fused-ring (bicyclic) bond motifs is 1. The summed E-state index contributed by atoms with van der Waals surface area (Å²) in [5.41, 5.74) is 7.50. The number of rotatable bonds is 3. The molecule has 136 valence electrons. The molecule has 2 N–H and O–H groups in total. The number of anilines is 1. The van der Waals surface area contributed by atoms with Crippen LogP contribution >= 0.6 is 34.5 Å². The number of nitrogens with zero attached hydrogens (tertiary/aromatic N) is 3. The fourth-order valence-electron chi connectivity index (χ4n) is 2.67. The lowest BCUT2D eigenvalue weighted by atomic mass is 10.1. The standard InChI is InChI=1S/C17H10Cl2N4O3S/c1-23-13(17(25)26-22-23)14(24)15-12(20)9-4-5-11(21-16(9)27-15)8-3-2-7(18)6-10(8)19/h2-6H,1H3,(H2-,20,22,24,25). The number of pyridine rings is 1. The lowest BCUT2D eigenvalue weighted by Crippen LogP contribution is -2.37. The van der Waals surface area contributed by atoms with Crippen LogP contribution in [0.3, 0.4) is 0 Å². The van der Waals surface area contributed by atoms with Gasteiger partial charge in [-0.25, -0.2) is 4.98 Å². The largest absolute Gasteiger partial charge is 0.539 e. The molecule has 0 fully saturated rings. The van der Waals surface area contributed by atoms with Crippen LogP contribution in [0.2, 0.25) is 10.0 Å². The zero-order valence-electron chi connectivity index (χ0n) is 13.7. The van der Waals surface area contributed by atoms with Crippen molar-refractivity contribution in [1.82, 2.24) is 10.3 Å². The van der Waals surface area contributed by atoms with E-state index in [4.69, 9.17) is 28.9 Å². The molecular weight excluding hydrogens is 411 g/mol. The monoisotopic (exact) mass is 420 g/mol. The minimum Gasteiger partial charge on any atom is -0.539 e. The first kappa shape index (κ1) is 17.7. The molecular formula is C17H10Cl2N4O3S. The number of aromatic nitrogens is 3. The minimum absolute atomic E-state index is 0.200. The van der Waals surface area contributed by atoms with E-state index in [1.165, 1.54) is 7.05 Å². The second-order valence-electron chi connectivity index (χ2n) is 5.68. The smallest absolute Gasteiger partial charge is 0.305 e. The molecule has 0 aliphatic rings. The van der Waals surface area contributed by atoms with Crippen molar-refractivity contribution in [3.05, 3.63) is 50.9 Å². The maximum atomic E-state index is 12.7. The van der Waals surface area contributed by atoms with Gasteiger partial charge < -0.3 is 15.4 Å². The summed E-state index contributed by atoms with van der Waals surface area (Å²) < 4.78 is 5.60. The maximum Gasteiger partial charge on any atom is 0.305 e. The fraction of sp³-hybridized carbons (Fsp3) is 0.0588. The van der Waals surface area contributed by atoms with E-state index in [0.717, 1.165) is 16.0 Å². The van der Waals surface area contributed by atoms with E-state index in [1.807, 2.05) is 0 Å². The number of hydrogen-bond acceptors (Lipinski definition) is 7. The van der Waals surface area contributed by atoms with Gasteiger partial charge in [-0.1, -0.05) is 27.9 Å². The SMILES string of the molecule is C[n+]1noc([O-])c1C(=O)c1sc2nc(-c3ccc(Cl)cc3Cl)ccc2c1N. The predicted octanol–water partition coefficient (Wildman–Crippen LogP) is 2.97. The molecule has 4 rings (SSSR count). The van der Waals surface area contributed by atoms with Crippen LogP contribution in [0.25, 0.3) is 21.5 Å². The van der Waals surface area contributed by atoms with Gasteiger partial charge in [-0.05, 0) is 30.3 Å². The summed E-state index contributed by atoms with van der Waals surface area (Å²) in [5.74, 6) is -1.38. The Morgan fingerprint density at radius 1 is 1.30 bits per heavy atom. The molecule has 1 aromatic carbocycles. The Bertz CT molecular complexity index is 1200. The van der Waals surface area contributed by atoms with E-state index >= 15 is 0 Å². The first-order valence-corrected chi connectivity index (χ1v) is 9.16. The quantitative estimate of drug-likeness (QED) is 0.403. The van der Waals surface area contributed by atoms with Gasteiger partial charge in [0.2, 0.25) is 0 Å². The number of aryl methyl sites for hydroxylation is 1. The minimum atomic E-state index is -0.819. The Morgan fingerprint density at radius 3 is 2.74 bits per heavy atom. The summed E-state index contributed by atoms with van der Waals surface area (Å²) in [6.45, 7) is 0. The lowest BCUT2D eigenvalue weighted by Gasteiger charge is -2.04. The molecule has 0 atom stereocenters. The molecule has 0 amide bonds. The first-order chi connectivity index (χ1) is 12.9. The summed E-state index contributed by atoms with van der Waals surface area (Å²) in [7, 11) is 1.44. The number of hydrogen-bond donors (Lipinski definition) is 1. The summed E-state index contributed by atoms with van der Waals surface area (Å²) in [6, 6.07) is 8.63. The Hall–Kier alpha value is -2.68. The van der Waals surface area contributed by atoms with Crippen molar-refractivity contribution < 1.29 is 19.1 Å². The van der Waals surface area contributed by atoms with Crippen LogP contribution in [-0.4, -0.2) is 16.0 Å². The average molecular weight is 421 g/mol. The van der Waals surface area contributed by atoms with Crippen LogP contribution in [0.1, 0.15) is 15.4 Å². The molecule has 0 saturated carbocycles. The molecule has 27 heavy (non-hydrogen) atoms. The highest BCUT2D eigenvalue weighted by Gasteiger charge is 2.29. The molecule has 3 heterocycles. The first-order valence-electron chi connectivity index (χ1n) is 7.59. The van der Waals surface area contributed by atoms with Gasteiger partial charge in [0, 0.05) is 16.0 Å². The van der Waals surface area contributed by atoms with Gasteiger partial charge in [-0.15, -0.1) is 11.3 Å². The van der Waals surface area contributed by atoms with Gasteiger partial charge in [0.15, 0.2) is 13.0 Å². The van der Waals surface area contributed by atoms with Crippen molar-refractivity contribution in [2.75, 3.05) is 5.73 Å². The van der Waals surface area contributed by atoms with E-state index in [2.05, 4.69) is 14.8 Å². The van der Waals surface area contributed by atoms with Crippen molar-refractivity contribution in [3.63, 3.8) is 0 Å². The van der Waals surface area contributed by atoms with Gasteiger partial charge in [-0.2, -0.15) is 0 Å². The van der Waals surface area contributed by atoms with Crippen LogP contribution in [0.4, 0.5) is 5.69 Å². The van der Waals surface area contributed by atoms with Gasteiger partial charge in [0.25, 0.3) is 5.78 Å². The number of halogens is 2. The summed E-state index contributed by atoms with van der Waals surface area (Å²) >= 11 is 13.3. The molecule has 0 aliphatic carbocycles. The zero-order valence-corrected chi connectivity index (χ0v) is 16.0. The topological polar surface area (TPSA) is 109 Å². The second-order valence-corrected chi connectivity index (χ2v) is 7.52. The third kappa shape index (κ3) is 2.91. The van der Waals surface area contributed by atoms with Gasteiger partial charge in [-0.3, -0.25) is 4.79 Å². The molecule has 3 aromatic heterocycles. The molecule has 4 aromatic rings. The highest BCUT2D eigenvalue weighted by atomic mass is 35.5. The van der Waals surface area contributed by atoms with E-state index < -0.39 is 11.7 Å². The second kappa shape index (κ2) is 6.49. The van der Waals surface area contributed by atoms with Crippen LogP contribution in [0.5, 0.6) is 5.95 Å². The Kier molecular flexibility index (Phi) is 4.26.